The predicted molar refractivity (Wildman–Crippen MR) is 117 cm³/mol. The van der Waals surface area contributed by atoms with Crippen molar-refractivity contribution in [3.05, 3.63) is 61.4 Å². The third-order valence-corrected chi connectivity index (χ3v) is 4.76. The number of ether oxygens (including phenoxy) is 1. The van der Waals surface area contributed by atoms with E-state index in [0.717, 1.165) is 0 Å². The Morgan fingerprint density at radius 3 is 2.57 bits per heavy atom. The molecule has 0 aliphatic carbocycles. The Balaban J connectivity index is 1.86. The first kappa shape index (κ1) is 20.9. The van der Waals surface area contributed by atoms with Crippen LogP contribution in [0.3, 0.4) is 0 Å². The Morgan fingerprint density at radius 1 is 1.10 bits per heavy atom. The fraction of sp³-hybridized carbons (Fsp3) is 0.100. The first-order chi connectivity index (χ1) is 14.5. The van der Waals surface area contributed by atoms with Crippen LogP contribution in [0.5, 0.6) is 5.88 Å². The molecule has 0 radical (unpaired) electrons. The number of nitrogens with zero attached hydrogens (tertiary/aromatic N) is 3. The standard InChI is InChI=1S/C20H20N6O3S/c1-4-17(27)23-13-6-5-7-14(10-13)24-19-16(30(3)28)12-22-20(26-19)25-15-8-9-18(29-2)21-11-15/h4-12H,1H2,2-3H3,(H,23,27)(H2,22,24,25,26). The highest BCUT2D eigenvalue weighted by molar-refractivity contribution is 7.84. The van der Waals surface area contributed by atoms with Gasteiger partial charge in [0.15, 0.2) is 5.82 Å². The topological polar surface area (TPSA) is 118 Å². The summed E-state index contributed by atoms with van der Waals surface area (Å²) in [6.45, 7) is 3.43. The third-order valence-electron chi connectivity index (χ3n) is 3.84. The van der Waals surface area contributed by atoms with Gasteiger partial charge in [0.05, 0.1) is 40.9 Å². The molecule has 154 valence electrons. The number of methoxy groups -OCH3 is 1. The monoisotopic (exact) mass is 424 g/mol. The Labute approximate surface area is 176 Å². The van der Waals surface area contributed by atoms with Gasteiger partial charge in [0.25, 0.3) is 0 Å². The van der Waals surface area contributed by atoms with Gasteiger partial charge in [0.2, 0.25) is 17.7 Å². The summed E-state index contributed by atoms with van der Waals surface area (Å²) in [5.41, 5.74) is 1.90. The van der Waals surface area contributed by atoms with E-state index in [1.54, 1.807) is 48.9 Å². The van der Waals surface area contributed by atoms with E-state index in [1.165, 1.54) is 19.4 Å². The molecule has 2 heterocycles. The van der Waals surface area contributed by atoms with Crippen LogP contribution in [0.2, 0.25) is 0 Å². The highest BCUT2D eigenvalue weighted by Crippen LogP contribution is 2.25. The maximum absolute atomic E-state index is 12.1. The van der Waals surface area contributed by atoms with Gasteiger partial charge in [-0.15, -0.1) is 0 Å². The number of rotatable bonds is 8. The van der Waals surface area contributed by atoms with Crippen molar-refractivity contribution in [3.8, 4) is 5.88 Å². The maximum atomic E-state index is 12.1. The second-order valence-corrected chi connectivity index (χ2v) is 7.32. The van der Waals surface area contributed by atoms with Crippen LogP contribution in [-0.4, -0.2) is 38.4 Å². The lowest BCUT2D eigenvalue weighted by Crippen LogP contribution is -2.08. The number of nitrogens with one attached hydrogen (secondary N) is 3. The Kier molecular flexibility index (Phi) is 6.71. The molecule has 30 heavy (non-hydrogen) atoms. The molecule has 0 spiro atoms. The lowest BCUT2D eigenvalue weighted by Gasteiger charge is -2.13. The molecule has 0 bridgehead atoms. The molecule has 3 rings (SSSR count). The molecule has 10 heteroatoms. The van der Waals surface area contributed by atoms with E-state index in [0.29, 0.717) is 39.6 Å². The zero-order chi connectivity index (χ0) is 21.5. The van der Waals surface area contributed by atoms with Crippen LogP contribution in [0.1, 0.15) is 0 Å². The van der Waals surface area contributed by atoms with Crippen molar-refractivity contribution in [2.24, 2.45) is 0 Å². The van der Waals surface area contributed by atoms with Crippen molar-refractivity contribution >= 4 is 45.5 Å². The minimum absolute atomic E-state index is 0.301. The molecule has 9 nitrogen and oxygen atoms in total. The van der Waals surface area contributed by atoms with Crippen LogP contribution in [-0.2, 0) is 15.6 Å². The van der Waals surface area contributed by atoms with E-state index < -0.39 is 10.8 Å². The molecule has 1 amide bonds. The second-order valence-electron chi connectivity index (χ2n) is 5.97. The van der Waals surface area contributed by atoms with Gasteiger partial charge in [-0.1, -0.05) is 12.6 Å². The van der Waals surface area contributed by atoms with Crippen LogP contribution in [0.25, 0.3) is 0 Å². The normalized spacial score (nSPS) is 11.3. The van der Waals surface area contributed by atoms with Gasteiger partial charge < -0.3 is 20.7 Å². The highest BCUT2D eigenvalue weighted by Gasteiger charge is 2.12. The van der Waals surface area contributed by atoms with Gasteiger partial charge in [-0.05, 0) is 30.3 Å². The maximum Gasteiger partial charge on any atom is 0.247 e. The van der Waals surface area contributed by atoms with Crippen LogP contribution >= 0.6 is 0 Å². The highest BCUT2D eigenvalue weighted by atomic mass is 32.2. The molecule has 3 N–H and O–H groups in total. The molecule has 1 unspecified atom stereocenters. The molecule has 0 aliphatic rings. The summed E-state index contributed by atoms with van der Waals surface area (Å²) in [6, 6.07) is 10.5. The second kappa shape index (κ2) is 9.61. The third kappa shape index (κ3) is 5.39. The Hall–Kier alpha value is -3.79. The molecule has 0 fully saturated rings. The summed E-state index contributed by atoms with van der Waals surface area (Å²) < 4.78 is 17.2. The molecule has 1 atom stereocenters. The molecular weight excluding hydrogens is 404 g/mol. The summed E-state index contributed by atoms with van der Waals surface area (Å²) >= 11 is 0. The first-order valence-corrected chi connectivity index (χ1v) is 10.3. The number of anilines is 5. The average molecular weight is 424 g/mol. The van der Waals surface area contributed by atoms with E-state index in [9.17, 15) is 9.00 Å². The summed E-state index contributed by atoms with van der Waals surface area (Å²) in [6.07, 6.45) is 5.82. The van der Waals surface area contributed by atoms with Gasteiger partial charge in [0, 0.05) is 23.7 Å². The number of hydrogen-bond acceptors (Lipinski definition) is 8. The molecule has 0 saturated heterocycles. The molecular formula is C20H20N6O3S. The van der Waals surface area contributed by atoms with E-state index in [-0.39, 0.29) is 5.91 Å². The van der Waals surface area contributed by atoms with Crippen LogP contribution in [0, 0.1) is 0 Å². The first-order valence-electron chi connectivity index (χ1n) is 8.76. The van der Waals surface area contributed by atoms with Crippen LogP contribution in [0.4, 0.5) is 28.8 Å². The Morgan fingerprint density at radius 2 is 1.90 bits per heavy atom. The van der Waals surface area contributed by atoms with Gasteiger partial charge in [-0.2, -0.15) is 4.98 Å². The SMILES string of the molecule is C=CC(=O)Nc1cccc(Nc2nc(Nc3ccc(OC)nc3)ncc2S(C)=O)c1. The summed E-state index contributed by atoms with van der Waals surface area (Å²) in [4.78, 5) is 24.8. The van der Waals surface area contributed by atoms with Gasteiger partial charge in [-0.3, -0.25) is 9.00 Å². The molecule has 2 aromatic heterocycles. The van der Waals surface area contributed by atoms with E-state index >= 15 is 0 Å². The number of benzene rings is 1. The minimum atomic E-state index is -1.32. The number of hydrogen-bond donors (Lipinski definition) is 3. The van der Waals surface area contributed by atoms with Crippen molar-refractivity contribution in [2.75, 3.05) is 29.3 Å². The van der Waals surface area contributed by atoms with E-state index in [2.05, 4.69) is 37.5 Å². The minimum Gasteiger partial charge on any atom is -0.481 e. The van der Waals surface area contributed by atoms with Gasteiger partial charge >= 0.3 is 0 Å². The van der Waals surface area contributed by atoms with Crippen molar-refractivity contribution in [1.82, 2.24) is 15.0 Å². The zero-order valence-corrected chi connectivity index (χ0v) is 17.2. The number of carbonyl (C=O) groups is 1. The number of aromatic nitrogens is 3. The van der Waals surface area contributed by atoms with E-state index in [1.807, 2.05) is 0 Å². The van der Waals surface area contributed by atoms with Crippen molar-refractivity contribution < 1.29 is 13.7 Å². The lowest BCUT2D eigenvalue weighted by molar-refractivity contribution is -0.111. The lowest BCUT2D eigenvalue weighted by atomic mass is 10.2. The van der Waals surface area contributed by atoms with Crippen LogP contribution in [0.15, 0.2) is 66.3 Å². The van der Waals surface area contributed by atoms with Crippen molar-refractivity contribution in [3.63, 3.8) is 0 Å². The zero-order valence-electron chi connectivity index (χ0n) is 16.4. The van der Waals surface area contributed by atoms with E-state index in [4.69, 9.17) is 4.74 Å². The summed E-state index contributed by atoms with van der Waals surface area (Å²) in [7, 11) is 0.223. The summed E-state index contributed by atoms with van der Waals surface area (Å²) in [5.74, 6) is 0.852. The summed E-state index contributed by atoms with van der Waals surface area (Å²) in [5, 5.41) is 8.87. The van der Waals surface area contributed by atoms with Gasteiger partial charge in [-0.25, -0.2) is 9.97 Å². The quantitative estimate of drug-likeness (QED) is 0.472. The van der Waals surface area contributed by atoms with Crippen molar-refractivity contribution in [1.29, 1.82) is 0 Å². The fourth-order valence-electron chi connectivity index (χ4n) is 2.44. The molecule has 1 aromatic carbocycles. The Bertz CT molecular complexity index is 1090. The molecule has 3 aromatic rings. The molecule has 0 saturated carbocycles. The number of amides is 1. The van der Waals surface area contributed by atoms with Crippen molar-refractivity contribution in [2.45, 2.75) is 4.90 Å². The van der Waals surface area contributed by atoms with Gasteiger partial charge in [0.1, 0.15) is 0 Å². The average Bonchev–Trinajstić information content (AvgIpc) is 2.74. The predicted octanol–water partition coefficient (Wildman–Crippen LogP) is 3.23. The van der Waals surface area contributed by atoms with Crippen LogP contribution < -0.4 is 20.7 Å². The number of carbonyl (C=O) groups excluding carboxylic acids is 1. The molecule has 0 aliphatic heterocycles. The fourth-order valence-corrected chi connectivity index (χ4v) is 3.01. The smallest absolute Gasteiger partial charge is 0.247 e. The number of pyridine rings is 1. The largest absolute Gasteiger partial charge is 0.481 e.